The summed E-state index contributed by atoms with van der Waals surface area (Å²) in [5, 5.41) is 13.4. The van der Waals surface area contributed by atoms with E-state index in [4.69, 9.17) is 0 Å². The van der Waals surface area contributed by atoms with Crippen molar-refractivity contribution in [3.05, 3.63) is 64.2 Å². The normalized spacial score (nSPS) is 14.8. The van der Waals surface area contributed by atoms with Gasteiger partial charge in [0.25, 0.3) is 0 Å². The highest BCUT2D eigenvalue weighted by atomic mass is 16.3. The lowest BCUT2D eigenvalue weighted by Gasteiger charge is -2.16. The Morgan fingerprint density at radius 2 is 1.95 bits per heavy atom. The van der Waals surface area contributed by atoms with Gasteiger partial charge in [0.15, 0.2) is 0 Å². The van der Waals surface area contributed by atoms with Crippen molar-refractivity contribution in [3.8, 4) is 0 Å². The molecule has 3 nitrogen and oxygen atoms in total. The fraction of sp³-hybridized carbons (Fsp3) is 0.235. The van der Waals surface area contributed by atoms with E-state index >= 15 is 0 Å². The molecule has 102 valence electrons. The second-order valence-electron chi connectivity index (χ2n) is 5.40. The summed E-state index contributed by atoms with van der Waals surface area (Å²) in [5.74, 6) is 0.0124. The third kappa shape index (κ3) is 2.21. The van der Waals surface area contributed by atoms with Crippen LogP contribution in [-0.2, 0) is 11.2 Å². The van der Waals surface area contributed by atoms with Crippen molar-refractivity contribution in [2.24, 2.45) is 0 Å². The standard InChI is InChI=1S/C17H17NO2/c1-10-3-4-11(2)14(7-10)17(20)12-5-6-15-13(8-12)9-16(19)18-15/h3-8,17,20H,9H2,1-2H3,(H,18,19). The summed E-state index contributed by atoms with van der Waals surface area (Å²) in [6, 6.07) is 11.7. The summed E-state index contributed by atoms with van der Waals surface area (Å²) < 4.78 is 0. The number of hydrogen-bond donors (Lipinski definition) is 2. The molecule has 0 fully saturated rings. The van der Waals surface area contributed by atoms with Gasteiger partial charge in [-0.25, -0.2) is 0 Å². The number of amides is 1. The Morgan fingerprint density at radius 3 is 2.75 bits per heavy atom. The molecular weight excluding hydrogens is 250 g/mol. The van der Waals surface area contributed by atoms with Gasteiger partial charge < -0.3 is 10.4 Å². The second kappa shape index (κ2) is 4.76. The third-order valence-corrected chi connectivity index (χ3v) is 3.80. The first-order valence-electron chi connectivity index (χ1n) is 6.72. The number of aliphatic hydroxyl groups is 1. The molecule has 0 spiro atoms. The van der Waals surface area contributed by atoms with Crippen LogP contribution in [0.1, 0.15) is 33.9 Å². The zero-order valence-electron chi connectivity index (χ0n) is 11.6. The van der Waals surface area contributed by atoms with Crippen molar-refractivity contribution in [1.82, 2.24) is 0 Å². The molecule has 3 rings (SSSR count). The van der Waals surface area contributed by atoms with Gasteiger partial charge in [0.1, 0.15) is 6.10 Å². The first-order valence-corrected chi connectivity index (χ1v) is 6.72. The van der Waals surface area contributed by atoms with Crippen molar-refractivity contribution >= 4 is 11.6 Å². The number of rotatable bonds is 2. The average molecular weight is 267 g/mol. The Labute approximate surface area is 118 Å². The Balaban J connectivity index is 1.99. The molecule has 3 heteroatoms. The highest BCUT2D eigenvalue weighted by molar-refractivity contribution is 5.99. The third-order valence-electron chi connectivity index (χ3n) is 3.80. The molecule has 2 aromatic carbocycles. The van der Waals surface area contributed by atoms with Crippen LogP contribution in [0.3, 0.4) is 0 Å². The van der Waals surface area contributed by atoms with Crippen LogP contribution < -0.4 is 5.32 Å². The Morgan fingerprint density at radius 1 is 1.15 bits per heavy atom. The minimum absolute atomic E-state index is 0.0124. The van der Waals surface area contributed by atoms with Crippen molar-refractivity contribution in [2.75, 3.05) is 5.32 Å². The van der Waals surface area contributed by atoms with E-state index in [0.717, 1.165) is 33.5 Å². The van der Waals surface area contributed by atoms with E-state index in [1.807, 2.05) is 50.2 Å². The van der Waals surface area contributed by atoms with E-state index in [1.165, 1.54) is 0 Å². The highest BCUT2D eigenvalue weighted by Gasteiger charge is 2.20. The number of benzene rings is 2. The lowest BCUT2D eigenvalue weighted by Crippen LogP contribution is -2.03. The van der Waals surface area contributed by atoms with Crippen LogP contribution in [-0.4, -0.2) is 11.0 Å². The smallest absolute Gasteiger partial charge is 0.228 e. The first kappa shape index (κ1) is 12.9. The van der Waals surface area contributed by atoms with E-state index in [2.05, 4.69) is 5.32 Å². The van der Waals surface area contributed by atoms with Crippen LogP contribution in [0.25, 0.3) is 0 Å². The van der Waals surface area contributed by atoms with E-state index in [9.17, 15) is 9.90 Å². The van der Waals surface area contributed by atoms with Gasteiger partial charge in [-0.3, -0.25) is 4.79 Å². The number of hydrogen-bond acceptors (Lipinski definition) is 2. The summed E-state index contributed by atoms with van der Waals surface area (Å²) in [5.41, 5.74) is 5.75. The van der Waals surface area contributed by atoms with Gasteiger partial charge >= 0.3 is 0 Å². The SMILES string of the molecule is Cc1ccc(C)c(C(O)c2ccc3c(c2)CC(=O)N3)c1. The predicted molar refractivity (Wildman–Crippen MR) is 78.8 cm³/mol. The highest BCUT2D eigenvalue weighted by Crippen LogP contribution is 2.30. The lowest BCUT2D eigenvalue weighted by molar-refractivity contribution is -0.115. The largest absolute Gasteiger partial charge is 0.384 e. The van der Waals surface area contributed by atoms with Gasteiger partial charge in [0, 0.05) is 5.69 Å². The number of fused-ring (bicyclic) bond motifs is 1. The maximum atomic E-state index is 11.4. The number of carbonyl (C=O) groups excluding carboxylic acids is 1. The summed E-state index contributed by atoms with van der Waals surface area (Å²) in [6.45, 7) is 4.01. The van der Waals surface area contributed by atoms with E-state index in [-0.39, 0.29) is 5.91 Å². The summed E-state index contributed by atoms with van der Waals surface area (Å²) in [7, 11) is 0. The molecule has 2 aromatic rings. The maximum Gasteiger partial charge on any atom is 0.228 e. The van der Waals surface area contributed by atoms with E-state index < -0.39 is 6.10 Å². The molecule has 0 saturated carbocycles. The van der Waals surface area contributed by atoms with Crippen LogP contribution in [0, 0.1) is 13.8 Å². The predicted octanol–water partition coefficient (Wildman–Crippen LogP) is 2.88. The average Bonchev–Trinajstić information content (AvgIpc) is 2.79. The molecule has 1 unspecified atom stereocenters. The monoisotopic (exact) mass is 267 g/mol. The molecule has 1 atom stereocenters. The summed E-state index contributed by atoms with van der Waals surface area (Å²) >= 11 is 0. The molecule has 0 radical (unpaired) electrons. The van der Waals surface area contributed by atoms with Crippen molar-refractivity contribution in [3.63, 3.8) is 0 Å². The Bertz CT molecular complexity index is 691. The molecular formula is C17H17NO2. The quantitative estimate of drug-likeness (QED) is 0.879. The summed E-state index contributed by atoms with van der Waals surface area (Å²) in [6.07, 6.45) is -0.265. The van der Waals surface area contributed by atoms with Crippen molar-refractivity contribution in [1.29, 1.82) is 0 Å². The van der Waals surface area contributed by atoms with Gasteiger partial charge in [-0.2, -0.15) is 0 Å². The number of aliphatic hydroxyl groups excluding tert-OH is 1. The van der Waals surface area contributed by atoms with Gasteiger partial charge in [-0.1, -0.05) is 35.9 Å². The van der Waals surface area contributed by atoms with Gasteiger partial charge in [-0.15, -0.1) is 0 Å². The van der Waals surface area contributed by atoms with Gasteiger partial charge in [0.05, 0.1) is 6.42 Å². The zero-order chi connectivity index (χ0) is 14.3. The molecule has 2 N–H and O–H groups in total. The van der Waals surface area contributed by atoms with Gasteiger partial charge in [0.2, 0.25) is 5.91 Å². The van der Waals surface area contributed by atoms with Crippen molar-refractivity contribution < 1.29 is 9.90 Å². The van der Waals surface area contributed by atoms with E-state index in [0.29, 0.717) is 6.42 Å². The summed E-state index contributed by atoms with van der Waals surface area (Å²) in [4.78, 5) is 11.4. The molecule has 0 aliphatic carbocycles. The first-order chi connectivity index (χ1) is 9.54. The minimum Gasteiger partial charge on any atom is -0.384 e. The number of anilines is 1. The number of carbonyl (C=O) groups is 1. The zero-order valence-corrected chi connectivity index (χ0v) is 11.6. The fourth-order valence-electron chi connectivity index (χ4n) is 2.65. The fourth-order valence-corrected chi connectivity index (χ4v) is 2.65. The number of nitrogens with one attached hydrogen (secondary N) is 1. The molecule has 1 aliphatic rings. The maximum absolute atomic E-state index is 11.4. The Hall–Kier alpha value is -2.13. The van der Waals surface area contributed by atoms with Gasteiger partial charge in [-0.05, 0) is 42.2 Å². The molecule has 20 heavy (non-hydrogen) atoms. The number of aryl methyl sites for hydroxylation is 2. The molecule has 0 saturated heterocycles. The topological polar surface area (TPSA) is 49.3 Å². The lowest BCUT2D eigenvalue weighted by atomic mass is 9.94. The van der Waals surface area contributed by atoms with Crippen LogP contribution >= 0.6 is 0 Å². The second-order valence-corrected chi connectivity index (χ2v) is 5.40. The minimum atomic E-state index is -0.657. The Kier molecular flexibility index (Phi) is 3.07. The van der Waals surface area contributed by atoms with Crippen LogP contribution in [0.4, 0.5) is 5.69 Å². The molecule has 1 aliphatic heterocycles. The van der Waals surface area contributed by atoms with E-state index in [1.54, 1.807) is 0 Å². The molecule has 1 amide bonds. The molecule has 1 heterocycles. The molecule has 0 aromatic heterocycles. The van der Waals surface area contributed by atoms with Crippen LogP contribution in [0.15, 0.2) is 36.4 Å². The van der Waals surface area contributed by atoms with Crippen LogP contribution in [0.2, 0.25) is 0 Å². The van der Waals surface area contributed by atoms with Crippen LogP contribution in [0.5, 0.6) is 0 Å². The molecule has 0 bridgehead atoms. The van der Waals surface area contributed by atoms with Crippen molar-refractivity contribution in [2.45, 2.75) is 26.4 Å².